The largest absolute Gasteiger partial charge is 0.493 e. The van der Waals surface area contributed by atoms with Crippen molar-refractivity contribution < 1.29 is 0 Å². The van der Waals surface area contributed by atoms with Gasteiger partial charge >= 0.3 is 0 Å². The van der Waals surface area contributed by atoms with Crippen molar-refractivity contribution in [3.63, 3.8) is 0 Å². The molecule has 0 aliphatic heterocycles. The predicted molar refractivity (Wildman–Crippen MR) is 74.1 cm³/mol. The summed E-state index contributed by atoms with van der Waals surface area (Å²) in [7, 11) is -0.645. The van der Waals surface area contributed by atoms with Gasteiger partial charge in [0.15, 0.2) is 0 Å². The van der Waals surface area contributed by atoms with Crippen molar-refractivity contribution >= 4 is 24.0 Å². The summed E-state index contributed by atoms with van der Waals surface area (Å²) in [4.78, 5) is 0. The van der Waals surface area contributed by atoms with Gasteiger partial charge in [0.05, 0.1) is 5.44 Å². The lowest BCUT2D eigenvalue weighted by atomic mass is 10.4. The Labute approximate surface area is 107 Å². The Hall–Kier alpha value is -1.99. The first-order chi connectivity index (χ1) is 8.95. The van der Waals surface area contributed by atoms with Crippen LogP contribution in [0.1, 0.15) is 0 Å². The summed E-state index contributed by atoms with van der Waals surface area (Å²) in [5, 5.41) is 14.2. The Morgan fingerprint density at radius 1 is 0.778 bits per heavy atom. The number of aromatic nitrogens is 3. The van der Waals surface area contributed by atoms with Gasteiger partial charge in [-0.25, -0.2) is 0 Å². The molecule has 0 saturated heterocycles. The molecular formula is C14H11N3P-. The lowest BCUT2D eigenvalue weighted by Crippen LogP contribution is -2.21. The molecule has 0 aliphatic rings. The minimum Gasteiger partial charge on any atom is -0.493 e. The van der Waals surface area contributed by atoms with Crippen molar-refractivity contribution in [3.8, 4) is 0 Å². The molecule has 1 aromatic heterocycles. The summed E-state index contributed by atoms with van der Waals surface area (Å²) in [5.41, 5.74) is 0.947. The minimum atomic E-state index is -0.645. The number of rotatable bonds is 3. The van der Waals surface area contributed by atoms with Crippen LogP contribution in [0.4, 0.5) is 0 Å². The molecule has 0 amide bonds. The highest BCUT2D eigenvalue weighted by Gasteiger charge is 2.16. The van der Waals surface area contributed by atoms with Crippen molar-refractivity contribution in [2.75, 3.05) is 0 Å². The van der Waals surface area contributed by atoms with E-state index in [2.05, 4.69) is 63.9 Å². The molecule has 0 fully saturated rings. The van der Waals surface area contributed by atoms with Gasteiger partial charge in [-0.2, -0.15) is 0 Å². The fourth-order valence-corrected chi connectivity index (χ4v) is 3.91. The number of benzene rings is 2. The molecule has 0 radical (unpaired) electrons. The molecule has 0 bridgehead atoms. The molecule has 1 heterocycles. The van der Waals surface area contributed by atoms with Crippen molar-refractivity contribution in [1.29, 1.82) is 0 Å². The second-order valence-corrected chi connectivity index (χ2v) is 5.96. The van der Waals surface area contributed by atoms with Crippen molar-refractivity contribution in [1.82, 2.24) is 15.4 Å². The predicted octanol–water partition coefficient (Wildman–Crippen LogP) is 1.19. The number of nitrogens with zero attached hydrogens (tertiary/aromatic N) is 3. The molecule has 0 atom stereocenters. The topological polar surface area (TPSA) is 39.9 Å². The Morgan fingerprint density at radius 2 is 1.33 bits per heavy atom. The average molecular weight is 252 g/mol. The van der Waals surface area contributed by atoms with Gasteiger partial charge in [-0.3, -0.25) is 0 Å². The summed E-state index contributed by atoms with van der Waals surface area (Å²) in [6.07, 6.45) is 1.76. The van der Waals surface area contributed by atoms with Gasteiger partial charge in [0, 0.05) is 14.1 Å². The van der Waals surface area contributed by atoms with Gasteiger partial charge in [-0.1, -0.05) is 60.7 Å². The fourth-order valence-electron chi connectivity index (χ4n) is 1.85. The van der Waals surface area contributed by atoms with Gasteiger partial charge in [0.2, 0.25) is 0 Å². The van der Waals surface area contributed by atoms with Gasteiger partial charge in [-0.15, -0.1) is 0 Å². The van der Waals surface area contributed by atoms with Crippen LogP contribution >= 0.6 is 7.92 Å². The molecule has 3 rings (SSSR count). The first-order valence-electron chi connectivity index (χ1n) is 5.66. The van der Waals surface area contributed by atoms with E-state index in [1.165, 1.54) is 10.6 Å². The summed E-state index contributed by atoms with van der Waals surface area (Å²) in [5.74, 6) is 0. The number of hydrogen-bond donors (Lipinski definition) is 0. The summed E-state index contributed by atoms with van der Waals surface area (Å²) >= 11 is 0. The zero-order chi connectivity index (χ0) is 12.2. The summed E-state index contributed by atoms with van der Waals surface area (Å²) < 4.78 is 0. The van der Waals surface area contributed by atoms with Crippen LogP contribution in [0, 0.1) is 0 Å². The third-order valence-electron chi connectivity index (χ3n) is 2.63. The van der Waals surface area contributed by atoms with Crippen LogP contribution in [0.25, 0.3) is 0 Å². The smallest absolute Gasteiger partial charge is 0.0682 e. The third kappa shape index (κ3) is 2.18. The zero-order valence-electron chi connectivity index (χ0n) is 9.64. The first kappa shape index (κ1) is 11.1. The first-order valence-corrected chi connectivity index (χ1v) is 7.00. The van der Waals surface area contributed by atoms with Crippen LogP contribution in [0.15, 0.2) is 66.9 Å². The van der Waals surface area contributed by atoms with Crippen LogP contribution in [0.5, 0.6) is 0 Å². The van der Waals surface area contributed by atoms with E-state index >= 15 is 0 Å². The summed E-state index contributed by atoms with van der Waals surface area (Å²) in [6, 6.07) is 20.8. The van der Waals surface area contributed by atoms with E-state index in [0.717, 1.165) is 5.44 Å². The second-order valence-electron chi connectivity index (χ2n) is 3.80. The van der Waals surface area contributed by atoms with E-state index in [9.17, 15) is 0 Å². The standard InChI is InChI=1S/C14H11N3P/c1-3-7-12(8-4-1)18(14-11-15-17-16-14)13-9-5-2-6-10-13/h1-11H/q-1. The van der Waals surface area contributed by atoms with Crippen molar-refractivity contribution in [3.05, 3.63) is 66.9 Å². The van der Waals surface area contributed by atoms with E-state index < -0.39 is 7.92 Å². The molecule has 88 valence electrons. The lowest BCUT2D eigenvalue weighted by Gasteiger charge is -2.16. The van der Waals surface area contributed by atoms with Crippen LogP contribution < -0.4 is 21.3 Å². The fraction of sp³-hybridized carbons (Fsp3) is 0. The van der Waals surface area contributed by atoms with Crippen LogP contribution in [-0.2, 0) is 0 Å². The maximum absolute atomic E-state index is 4.14. The van der Waals surface area contributed by atoms with Crippen molar-refractivity contribution in [2.24, 2.45) is 0 Å². The molecule has 0 N–H and O–H groups in total. The Bertz CT molecular complexity index is 554. The molecule has 18 heavy (non-hydrogen) atoms. The maximum Gasteiger partial charge on any atom is 0.0682 e. The third-order valence-corrected chi connectivity index (χ3v) is 4.92. The summed E-state index contributed by atoms with van der Waals surface area (Å²) in [6.45, 7) is 0. The molecular weight excluding hydrogens is 241 g/mol. The molecule has 0 aliphatic carbocycles. The molecule has 2 aromatic carbocycles. The lowest BCUT2D eigenvalue weighted by molar-refractivity contribution is 0.916. The van der Waals surface area contributed by atoms with Gasteiger partial charge in [0.25, 0.3) is 0 Å². The second kappa shape index (κ2) is 5.11. The van der Waals surface area contributed by atoms with E-state index in [-0.39, 0.29) is 0 Å². The molecule has 0 unspecified atom stereocenters. The highest BCUT2D eigenvalue weighted by molar-refractivity contribution is 7.79. The van der Waals surface area contributed by atoms with E-state index in [0.29, 0.717) is 0 Å². The van der Waals surface area contributed by atoms with Gasteiger partial charge < -0.3 is 15.4 Å². The van der Waals surface area contributed by atoms with Crippen LogP contribution in [0.3, 0.4) is 0 Å². The molecule has 3 aromatic rings. The average Bonchev–Trinajstić information content (AvgIpc) is 2.95. The van der Waals surface area contributed by atoms with Crippen molar-refractivity contribution in [2.45, 2.75) is 0 Å². The van der Waals surface area contributed by atoms with E-state index in [1.807, 2.05) is 12.1 Å². The Morgan fingerprint density at radius 3 is 1.78 bits per heavy atom. The quantitative estimate of drug-likeness (QED) is 0.657. The van der Waals surface area contributed by atoms with Crippen LogP contribution in [-0.4, -0.2) is 10.2 Å². The normalized spacial score (nSPS) is 10.7. The highest BCUT2D eigenvalue weighted by Crippen LogP contribution is 2.30. The monoisotopic (exact) mass is 252 g/mol. The van der Waals surface area contributed by atoms with Gasteiger partial charge in [0.1, 0.15) is 0 Å². The highest BCUT2D eigenvalue weighted by atomic mass is 31.1. The molecule has 0 saturated carbocycles. The molecule has 3 nitrogen and oxygen atoms in total. The Kier molecular flexibility index (Phi) is 3.16. The molecule has 4 heteroatoms. The SMILES string of the molecule is c1ccc(P(c2ccccc2)c2cn[n-]n2)cc1. The Balaban J connectivity index is 2.11. The van der Waals surface area contributed by atoms with Gasteiger partial charge in [-0.05, 0) is 10.6 Å². The zero-order valence-corrected chi connectivity index (χ0v) is 10.5. The molecule has 0 spiro atoms. The number of hydrogen-bond acceptors (Lipinski definition) is 2. The van der Waals surface area contributed by atoms with E-state index in [4.69, 9.17) is 0 Å². The van der Waals surface area contributed by atoms with Crippen LogP contribution in [0.2, 0.25) is 0 Å². The van der Waals surface area contributed by atoms with E-state index in [1.54, 1.807) is 6.20 Å². The maximum atomic E-state index is 4.14. The minimum absolute atomic E-state index is 0.645.